The van der Waals surface area contributed by atoms with Crippen molar-refractivity contribution in [1.82, 2.24) is 9.88 Å². The Labute approximate surface area is 116 Å². The molecule has 0 bridgehead atoms. The SMILES string of the molecule is C#CCNC(=O)C(C)n1ccc2cccc(C(=O)O)c21. The molecular formula is C15H14N2O3. The second kappa shape index (κ2) is 5.49. The number of nitrogens with zero attached hydrogens (tertiary/aromatic N) is 1. The lowest BCUT2D eigenvalue weighted by Gasteiger charge is -2.15. The molecule has 1 aromatic heterocycles. The molecule has 1 aromatic carbocycles. The summed E-state index contributed by atoms with van der Waals surface area (Å²) in [5.41, 5.74) is 0.701. The number of aromatic nitrogens is 1. The van der Waals surface area contributed by atoms with Crippen molar-refractivity contribution in [3.8, 4) is 12.3 Å². The van der Waals surface area contributed by atoms with Gasteiger partial charge in [-0.2, -0.15) is 0 Å². The average Bonchev–Trinajstić information content (AvgIpc) is 2.87. The number of carboxylic acids is 1. The van der Waals surface area contributed by atoms with Crippen LogP contribution in [0.4, 0.5) is 0 Å². The molecule has 1 amide bonds. The predicted molar refractivity (Wildman–Crippen MR) is 75.5 cm³/mol. The van der Waals surface area contributed by atoms with Crippen LogP contribution in [-0.2, 0) is 4.79 Å². The molecule has 0 aliphatic heterocycles. The molecule has 0 saturated carbocycles. The number of nitrogens with one attached hydrogen (secondary N) is 1. The molecule has 2 aromatic rings. The molecule has 5 nitrogen and oxygen atoms in total. The molecule has 1 unspecified atom stereocenters. The Balaban J connectivity index is 2.47. The third-order valence-electron chi connectivity index (χ3n) is 3.13. The van der Waals surface area contributed by atoms with Gasteiger partial charge >= 0.3 is 5.97 Å². The number of amides is 1. The number of rotatable bonds is 4. The maximum atomic E-state index is 12.0. The minimum Gasteiger partial charge on any atom is -0.478 e. The van der Waals surface area contributed by atoms with Crippen LogP contribution in [0.25, 0.3) is 10.9 Å². The van der Waals surface area contributed by atoms with E-state index in [-0.39, 0.29) is 18.0 Å². The van der Waals surface area contributed by atoms with Gasteiger partial charge in [0.15, 0.2) is 0 Å². The zero-order valence-electron chi connectivity index (χ0n) is 11.0. The smallest absolute Gasteiger partial charge is 0.337 e. The fourth-order valence-electron chi connectivity index (χ4n) is 2.13. The first-order chi connectivity index (χ1) is 9.56. The lowest BCUT2D eigenvalue weighted by atomic mass is 10.1. The molecule has 0 spiro atoms. The molecule has 0 saturated heterocycles. The van der Waals surface area contributed by atoms with Crippen LogP contribution in [0.3, 0.4) is 0 Å². The Kier molecular flexibility index (Phi) is 3.76. The lowest BCUT2D eigenvalue weighted by molar-refractivity contribution is -0.123. The fourth-order valence-corrected chi connectivity index (χ4v) is 2.13. The topological polar surface area (TPSA) is 71.3 Å². The molecule has 1 heterocycles. The van der Waals surface area contributed by atoms with Gasteiger partial charge in [-0.3, -0.25) is 4.79 Å². The molecule has 0 radical (unpaired) electrons. The molecule has 2 N–H and O–H groups in total. The van der Waals surface area contributed by atoms with Gasteiger partial charge in [-0.25, -0.2) is 4.79 Å². The van der Waals surface area contributed by atoms with Crippen molar-refractivity contribution in [3.05, 3.63) is 36.0 Å². The normalized spacial score (nSPS) is 11.8. The maximum absolute atomic E-state index is 12.0. The number of aromatic carboxylic acids is 1. The molecular weight excluding hydrogens is 256 g/mol. The summed E-state index contributed by atoms with van der Waals surface area (Å²) < 4.78 is 1.64. The number of para-hydroxylation sites is 1. The number of benzene rings is 1. The highest BCUT2D eigenvalue weighted by atomic mass is 16.4. The van der Waals surface area contributed by atoms with Gasteiger partial charge in [-0.05, 0) is 19.1 Å². The molecule has 5 heteroatoms. The van der Waals surface area contributed by atoms with E-state index in [0.717, 1.165) is 5.39 Å². The Bertz CT molecular complexity index is 709. The summed E-state index contributed by atoms with van der Waals surface area (Å²) in [6.45, 7) is 1.85. The first-order valence-electron chi connectivity index (χ1n) is 6.10. The number of carboxylic acid groups (broad SMARTS) is 1. The number of terminal acetylenes is 1. The van der Waals surface area contributed by atoms with Crippen molar-refractivity contribution < 1.29 is 14.7 Å². The molecule has 102 valence electrons. The van der Waals surface area contributed by atoms with Crippen LogP contribution in [0.2, 0.25) is 0 Å². The van der Waals surface area contributed by atoms with E-state index in [0.29, 0.717) is 5.52 Å². The summed E-state index contributed by atoms with van der Waals surface area (Å²) >= 11 is 0. The first-order valence-corrected chi connectivity index (χ1v) is 6.10. The van der Waals surface area contributed by atoms with E-state index >= 15 is 0 Å². The monoisotopic (exact) mass is 270 g/mol. The van der Waals surface area contributed by atoms with Gasteiger partial charge in [-0.15, -0.1) is 6.42 Å². The van der Waals surface area contributed by atoms with E-state index in [1.807, 2.05) is 6.07 Å². The molecule has 20 heavy (non-hydrogen) atoms. The quantitative estimate of drug-likeness (QED) is 0.830. The molecule has 0 fully saturated rings. The molecule has 0 aliphatic rings. The number of fused-ring (bicyclic) bond motifs is 1. The number of carbonyl (C=O) groups is 2. The summed E-state index contributed by atoms with van der Waals surface area (Å²) in [6, 6.07) is 6.25. The van der Waals surface area contributed by atoms with Crippen LogP contribution in [0.15, 0.2) is 30.5 Å². The predicted octanol–water partition coefficient (Wildman–Crippen LogP) is 1.65. The van der Waals surface area contributed by atoms with Gasteiger partial charge in [0, 0.05) is 11.6 Å². The summed E-state index contributed by atoms with van der Waals surface area (Å²) in [5, 5.41) is 12.6. The van der Waals surface area contributed by atoms with Gasteiger partial charge < -0.3 is 15.0 Å². The van der Waals surface area contributed by atoms with E-state index < -0.39 is 12.0 Å². The van der Waals surface area contributed by atoms with Gasteiger partial charge in [0.1, 0.15) is 6.04 Å². The number of hydrogen-bond acceptors (Lipinski definition) is 2. The first kappa shape index (κ1) is 13.7. The third-order valence-corrected chi connectivity index (χ3v) is 3.13. The summed E-state index contributed by atoms with van der Waals surface area (Å²) in [4.78, 5) is 23.2. The molecule has 1 atom stereocenters. The van der Waals surface area contributed by atoms with Crippen LogP contribution < -0.4 is 5.32 Å². The Morgan fingerprint density at radius 1 is 1.45 bits per heavy atom. The van der Waals surface area contributed by atoms with E-state index in [4.69, 9.17) is 6.42 Å². The number of hydrogen-bond donors (Lipinski definition) is 2. The van der Waals surface area contributed by atoms with E-state index in [1.54, 1.807) is 29.8 Å². The second-order valence-electron chi connectivity index (χ2n) is 4.37. The van der Waals surface area contributed by atoms with Crippen LogP contribution in [0.5, 0.6) is 0 Å². The third kappa shape index (κ3) is 2.36. The van der Waals surface area contributed by atoms with Crippen LogP contribution in [0.1, 0.15) is 23.3 Å². The van der Waals surface area contributed by atoms with Gasteiger partial charge in [0.2, 0.25) is 5.91 Å². The van der Waals surface area contributed by atoms with Crippen molar-refractivity contribution in [1.29, 1.82) is 0 Å². The van der Waals surface area contributed by atoms with E-state index in [2.05, 4.69) is 11.2 Å². The Hall–Kier alpha value is -2.74. The van der Waals surface area contributed by atoms with Gasteiger partial charge in [0.05, 0.1) is 17.6 Å². The summed E-state index contributed by atoms with van der Waals surface area (Å²) in [6.07, 6.45) is 6.81. The van der Waals surface area contributed by atoms with Crippen molar-refractivity contribution in [2.24, 2.45) is 0 Å². The lowest BCUT2D eigenvalue weighted by Crippen LogP contribution is -2.31. The van der Waals surface area contributed by atoms with Gasteiger partial charge in [0.25, 0.3) is 0 Å². The second-order valence-corrected chi connectivity index (χ2v) is 4.37. The fraction of sp³-hybridized carbons (Fsp3) is 0.200. The van der Waals surface area contributed by atoms with E-state index in [9.17, 15) is 14.7 Å². The van der Waals surface area contributed by atoms with Crippen molar-refractivity contribution in [3.63, 3.8) is 0 Å². The van der Waals surface area contributed by atoms with E-state index in [1.165, 1.54) is 6.07 Å². The summed E-state index contributed by atoms with van der Waals surface area (Å²) in [7, 11) is 0. The molecule has 2 rings (SSSR count). The molecule has 0 aliphatic carbocycles. The minimum atomic E-state index is -1.02. The number of carbonyl (C=O) groups excluding carboxylic acids is 1. The highest BCUT2D eigenvalue weighted by Crippen LogP contribution is 2.24. The van der Waals surface area contributed by atoms with Crippen molar-refractivity contribution >= 4 is 22.8 Å². The zero-order chi connectivity index (χ0) is 14.7. The standard InChI is InChI=1S/C15H14N2O3/c1-3-8-16-14(18)10(2)17-9-7-11-5-4-6-12(13(11)17)15(19)20/h1,4-7,9-10H,8H2,2H3,(H,16,18)(H,19,20). The highest BCUT2D eigenvalue weighted by molar-refractivity contribution is 6.03. The van der Waals surface area contributed by atoms with Crippen LogP contribution in [0, 0.1) is 12.3 Å². The summed E-state index contributed by atoms with van der Waals surface area (Å²) in [5.74, 6) is 1.06. The Morgan fingerprint density at radius 3 is 2.85 bits per heavy atom. The highest BCUT2D eigenvalue weighted by Gasteiger charge is 2.19. The van der Waals surface area contributed by atoms with Gasteiger partial charge in [-0.1, -0.05) is 18.1 Å². The Morgan fingerprint density at radius 2 is 2.20 bits per heavy atom. The zero-order valence-corrected chi connectivity index (χ0v) is 11.0. The maximum Gasteiger partial charge on any atom is 0.337 e. The largest absolute Gasteiger partial charge is 0.478 e. The van der Waals surface area contributed by atoms with Crippen LogP contribution in [-0.4, -0.2) is 28.1 Å². The van der Waals surface area contributed by atoms with Crippen LogP contribution >= 0.6 is 0 Å². The van der Waals surface area contributed by atoms with Crippen molar-refractivity contribution in [2.45, 2.75) is 13.0 Å². The minimum absolute atomic E-state index is 0.147. The average molecular weight is 270 g/mol. The van der Waals surface area contributed by atoms with Crippen molar-refractivity contribution in [2.75, 3.05) is 6.54 Å².